The molecule has 1 unspecified atom stereocenters. The van der Waals surface area contributed by atoms with Crippen molar-refractivity contribution in [2.24, 2.45) is 35.3 Å². The third kappa shape index (κ3) is 8.81. The van der Waals surface area contributed by atoms with E-state index < -0.39 is 24.0 Å². The fraction of sp³-hybridized carbons (Fsp3) is 0.833. The number of rotatable bonds is 13. The molecule has 178 valence electrons. The molecule has 0 heterocycles. The van der Waals surface area contributed by atoms with Gasteiger partial charge < -0.3 is 16.2 Å². The summed E-state index contributed by atoms with van der Waals surface area (Å²) < 4.78 is 0. The second-order valence-corrected chi connectivity index (χ2v) is 9.83. The molecule has 0 aromatic rings. The number of nitrogens with one attached hydrogen (secondary N) is 1. The number of hydrogen-bond acceptors (Lipinski definition) is 6. The van der Waals surface area contributed by atoms with E-state index in [-0.39, 0.29) is 48.1 Å². The van der Waals surface area contributed by atoms with Gasteiger partial charge in [-0.25, -0.2) is 0 Å². The van der Waals surface area contributed by atoms with Gasteiger partial charge in [-0.05, 0) is 38.5 Å². The Morgan fingerprint density at radius 3 is 2.06 bits per heavy atom. The first-order chi connectivity index (χ1) is 14.5. The summed E-state index contributed by atoms with van der Waals surface area (Å²) in [6.45, 7) is 9.07. The van der Waals surface area contributed by atoms with Gasteiger partial charge in [0.1, 0.15) is 11.6 Å². The van der Waals surface area contributed by atoms with E-state index in [1.807, 2.05) is 0 Å². The standard InChI is InChI=1S/C24H42N2O5/c1-14(2)9-10-21(28)17-7-6-8-18(11-17)22(29)12-19(16(5)27)24(31)26-20(13-25)23(30)15(3)4/h14-20,27H,6-13,25H2,1-5H3,(H,26,31)/t16-,17?,18+,19-,20-/m0/s1. The largest absolute Gasteiger partial charge is 0.393 e. The second kappa shape index (κ2) is 13.1. The van der Waals surface area contributed by atoms with Gasteiger partial charge in [-0.1, -0.05) is 34.1 Å². The minimum Gasteiger partial charge on any atom is -0.393 e. The maximum absolute atomic E-state index is 13.0. The van der Waals surface area contributed by atoms with Gasteiger partial charge in [-0.2, -0.15) is 0 Å². The van der Waals surface area contributed by atoms with Crippen molar-refractivity contribution in [1.29, 1.82) is 0 Å². The summed E-state index contributed by atoms with van der Waals surface area (Å²) in [6, 6.07) is -0.832. The molecule has 7 heteroatoms. The fourth-order valence-corrected chi connectivity index (χ4v) is 4.20. The first-order valence-electron chi connectivity index (χ1n) is 11.7. The summed E-state index contributed by atoms with van der Waals surface area (Å²) in [4.78, 5) is 50.4. The van der Waals surface area contributed by atoms with E-state index >= 15 is 0 Å². The summed E-state index contributed by atoms with van der Waals surface area (Å²) in [5, 5.41) is 12.8. The number of carbonyl (C=O) groups excluding carboxylic acids is 4. The zero-order valence-corrected chi connectivity index (χ0v) is 19.9. The molecular formula is C24H42N2O5. The molecule has 0 saturated heterocycles. The van der Waals surface area contributed by atoms with Gasteiger partial charge in [0.15, 0.2) is 5.78 Å². The number of hydrogen-bond donors (Lipinski definition) is 3. The highest BCUT2D eigenvalue weighted by atomic mass is 16.3. The van der Waals surface area contributed by atoms with Gasteiger partial charge >= 0.3 is 0 Å². The van der Waals surface area contributed by atoms with Gasteiger partial charge in [0.05, 0.1) is 18.1 Å². The van der Waals surface area contributed by atoms with Crippen molar-refractivity contribution < 1.29 is 24.3 Å². The predicted octanol–water partition coefficient (Wildman–Crippen LogP) is 2.42. The van der Waals surface area contributed by atoms with Crippen LogP contribution in [0.1, 0.15) is 79.6 Å². The van der Waals surface area contributed by atoms with Crippen LogP contribution in [0.4, 0.5) is 0 Å². The quantitative estimate of drug-likeness (QED) is 0.405. The lowest BCUT2D eigenvalue weighted by molar-refractivity contribution is -0.137. The van der Waals surface area contributed by atoms with E-state index in [0.29, 0.717) is 25.2 Å². The molecule has 31 heavy (non-hydrogen) atoms. The molecule has 1 saturated carbocycles. The van der Waals surface area contributed by atoms with Crippen LogP contribution in [0, 0.1) is 29.6 Å². The molecule has 0 radical (unpaired) electrons. The summed E-state index contributed by atoms with van der Waals surface area (Å²) in [5.74, 6) is -1.70. The number of aliphatic hydroxyl groups excluding tert-OH is 1. The highest BCUT2D eigenvalue weighted by molar-refractivity contribution is 5.93. The zero-order valence-electron chi connectivity index (χ0n) is 19.9. The van der Waals surface area contributed by atoms with Crippen molar-refractivity contribution in [2.75, 3.05) is 6.54 Å². The minimum absolute atomic E-state index is 0.0357. The monoisotopic (exact) mass is 438 g/mol. The van der Waals surface area contributed by atoms with Gasteiger partial charge in [0.25, 0.3) is 0 Å². The van der Waals surface area contributed by atoms with E-state index in [9.17, 15) is 24.3 Å². The van der Waals surface area contributed by atoms with Crippen LogP contribution >= 0.6 is 0 Å². The van der Waals surface area contributed by atoms with E-state index in [0.717, 1.165) is 19.3 Å². The SMILES string of the molecule is CC(C)CCC(=O)C1CCC[C@@H](C(=O)C[C@H](C(=O)N[C@@H](CN)C(=O)C(C)C)[C@H](C)O)C1. The third-order valence-corrected chi connectivity index (χ3v) is 6.36. The Kier molecular flexibility index (Phi) is 11.6. The average Bonchev–Trinajstić information content (AvgIpc) is 2.72. The van der Waals surface area contributed by atoms with Crippen molar-refractivity contribution in [3.8, 4) is 0 Å². The molecule has 0 bridgehead atoms. The predicted molar refractivity (Wildman–Crippen MR) is 120 cm³/mol. The topological polar surface area (TPSA) is 127 Å². The van der Waals surface area contributed by atoms with Crippen LogP contribution in [0.5, 0.6) is 0 Å². The lowest BCUT2D eigenvalue weighted by Gasteiger charge is -2.29. The molecule has 1 aliphatic carbocycles. The Hall–Kier alpha value is -1.60. The Balaban J connectivity index is 2.75. The molecule has 7 nitrogen and oxygen atoms in total. The van der Waals surface area contributed by atoms with E-state index in [2.05, 4.69) is 19.2 Å². The number of ketones is 3. The third-order valence-electron chi connectivity index (χ3n) is 6.36. The van der Waals surface area contributed by atoms with E-state index in [1.165, 1.54) is 6.92 Å². The molecule has 1 aliphatic rings. The van der Waals surface area contributed by atoms with Crippen molar-refractivity contribution >= 4 is 23.3 Å². The minimum atomic E-state index is -1.04. The maximum atomic E-state index is 13.0. The lowest BCUT2D eigenvalue weighted by Crippen LogP contribution is -2.51. The summed E-state index contributed by atoms with van der Waals surface area (Å²) >= 11 is 0. The Morgan fingerprint density at radius 2 is 1.58 bits per heavy atom. The molecule has 1 fully saturated rings. The lowest BCUT2D eigenvalue weighted by atomic mass is 9.75. The van der Waals surface area contributed by atoms with Crippen LogP contribution in [0.25, 0.3) is 0 Å². The average molecular weight is 439 g/mol. The first kappa shape index (κ1) is 27.4. The highest BCUT2D eigenvalue weighted by Crippen LogP contribution is 2.33. The van der Waals surface area contributed by atoms with Crippen molar-refractivity contribution in [3.63, 3.8) is 0 Å². The van der Waals surface area contributed by atoms with Crippen LogP contribution in [0.3, 0.4) is 0 Å². The molecule has 0 spiro atoms. The zero-order chi connectivity index (χ0) is 23.7. The van der Waals surface area contributed by atoms with Crippen LogP contribution in [0.2, 0.25) is 0 Å². The van der Waals surface area contributed by atoms with E-state index in [4.69, 9.17) is 5.73 Å². The van der Waals surface area contributed by atoms with Gasteiger partial charge in [-0.3, -0.25) is 19.2 Å². The van der Waals surface area contributed by atoms with Crippen molar-refractivity contribution in [2.45, 2.75) is 91.7 Å². The molecule has 0 aromatic carbocycles. The summed E-state index contributed by atoms with van der Waals surface area (Å²) in [6.07, 6.45) is 3.13. The first-order valence-corrected chi connectivity index (χ1v) is 11.7. The second-order valence-electron chi connectivity index (χ2n) is 9.83. The number of carbonyl (C=O) groups is 4. The number of amides is 1. The van der Waals surface area contributed by atoms with Crippen molar-refractivity contribution in [1.82, 2.24) is 5.32 Å². The smallest absolute Gasteiger partial charge is 0.226 e. The Morgan fingerprint density at radius 1 is 1.00 bits per heavy atom. The van der Waals surface area contributed by atoms with Crippen LogP contribution in [-0.2, 0) is 19.2 Å². The van der Waals surface area contributed by atoms with Crippen LogP contribution in [0.15, 0.2) is 0 Å². The van der Waals surface area contributed by atoms with Gasteiger partial charge in [0.2, 0.25) is 5.91 Å². The Bertz CT molecular complexity index is 629. The van der Waals surface area contributed by atoms with Crippen LogP contribution in [-0.4, -0.2) is 47.1 Å². The molecular weight excluding hydrogens is 396 g/mol. The van der Waals surface area contributed by atoms with Gasteiger partial charge in [0, 0.05) is 37.1 Å². The van der Waals surface area contributed by atoms with Crippen LogP contribution < -0.4 is 11.1 Å². The fourth-order valence-electron chi connectivity index (χ4n) is 4.20. The number of Topliss-reactive ketones (excluding diaryl/α,β-unsaturated/α-hetero) is 3. The molecule has 1 rings (SSSR count). The highest BCUT2D eigenvalue weighted by Gasteiger charge is 2.35. The summed E-state index contributed by atoms with van der Waals surface area (Å²) in [5.41, 5.74) is 5.64. The molecule has 4 N–H and O–H groups in total. The number of nitrogens with two attached hydrogens (primary N) is 1. The molecule has 0 aliphatic heterocycles. The molecule has 1 amide bonds. The Labute approximate surface area is 186 Å². The van der Waals surface area contributed by atoms with Crippen molar-refractivity contribution in [3.05, 3.63) is 0 Å². The normalized spacial score (nSPS) is 22.1. The number of aliphatic hydroxyl groups is 1. The van der Waals surface area contributed by atoms with Gasteiger partial charge in [-0.15, -0.1) is 0 Å². The molecule has 5 atom stereocenters. The van der Waals surface area contributed by atoms with E-state index in [1.54, 1.807) is 13.8 Å². The summed E-state index contributed by atoms with van der Waals surface area (Å²) in [7, 11) is 0. The maximum Gasteiger partial charge on any atom is 0.226 e. The molecule has 0 aromatic heterocycles.